The Morgan fingerprint density at radius 1 is 0.814 bits per heavy atom. The van der Waals surface area contributed by atoms with E-state index in [0.29, 0.717) is 0 Å². The number of ether oxygens (including phenoxy) is 8. The van der Waals surface area contributed by atoms with Crippen molar-refractivity contribution in [2.24, 2.45) is 17.3 Å². The first-order valence-corrected chi connectivity index (χ1v) is 19.1. The van der Waals surface area contributed by atoms with Crippen molar-refractivity contribution in [3.05, 3.63) is 65.5 Å². The molecule has 0 radical (unpaired) electrons. The Labute approximate surface area is 338 Å². The van der Waals surface area contributed by atoms with Gasteiger partial charge in [-0.1, -0.05) is 25.1 Å². The molecular weight excluding hydrogens is 778 g/mol. The van der Waals surface area contributed by atoms with Crippen molar-refractivity contribution >= 4 is 41.8 Å². The first-order chi connectivity index (χ1) is 27.7. The maximum Gasteiger partial charge on any atom is 0.340 e. The summed E-state index contributed by atoms with van der Waals surface area (Å²) in [6.45, 7) is 5.99. The average molecular weight is 826 g/mol. The molecule has 2 aliphatic heterocycles. The standard InChI is InChI=1S/C41H47NO17/c1-20-15-16-27-26(14-11-17-42-27)37(50)52-19-38(6)28-29(53-21(2)44)33(55-23(4)46)40(18-43)34(56-24(5)47)30(57-36(49)25-12-9-8-10-13-25)32(58-35(20)48)39(7,51)41(40,59-38)31(28)54-22(3)45/h8-14,17,20,28-34,43,51H,15-16,18-19H2,1-7H3/t20-,28+,29+,30+,31+,32-,33-,34-,38-,39-,40+,41-/m0/s1. The van der Waals surface area contributed by atoms with Crippen LogP contribution in [0.1, 0.15) is 81.3 Å². The Morgan fingerprint density at radius 3 is 2.00 bits per heavy atom. The number of pyridine rings is 1. The zero-order chi connectivity index (χ0) is 43.2. The number of carbonyl (C=O) groups is 7. The Balaban J connectivity index is 1.73. The Kier molecular flexibility index (Phi) is 11.7. The van der Waals surface area contributed by atoms with Crippen LogP contribution in [0.15, 0.2) is 48.7 Å². The van der Waals surface area contributed by atoms with Gasteiger partial charge in [0.05, 0.1) is 35.3 Å². The van der Waals surface area contributed by atoms with Gasteiger partial charge in [0.1, 0.15) is 35.4 Å². The van der Waals surface area contributed by atoms with E-state index < -0.39 is 126 Å². The lowest BCUT2D eigenvalue weighted by Gasteiger charge is -2.67. The zero-order valence-electron chi connectivity index (χ0n) is 33.5. The Hall–Kier alpha value is -5.46. The molecule has 6 rings (SSSR count). The number of aromatic nitrogens is 1. The fraction of sp³-hybridized carbons (Fsp3) is 0.561. The molecular formula is C41H47NO17. The van der Waals surface area contributed by atoms with Gasteiger partial charge in [0.25, 0.3) is 0 Å². The summed E-state index contributed by atoms with van der Waals surface area (Å²) >= 11 is 0. The number of aryl methyl sites for hydroxylation is 1. The summed E-state index contributed by atoms with van der Waals surface area (Å²) in [6, 6.07) is 10.5. The van der Waals surface area contributed by atoms with Crippen LogP contribution >= 0.6 is 0 Å². The number of hydrogen-bond donors (Lipinski definition) is 2. The van der Waals surface area contributed by atoms with Gasteiger partial charge in [-0.25, -0.2) is 9.59 Å². The third-order valence-electron chi connectivity index (χ3n) is 11.8. The van der Waals surface area contributed by atoms with Gasteiger partial charge in [0.15, 0.2) is 30.0 Å². The topological polar surface area (TPSA) is 247 Å². The number of esters is 7. The number of benzene rings is 1. The molecule has 12 atom stereocenters. The molecule has 3 fully saturated rings. The molecule has 1 aromatic heterocycles. The maximum absolute atomic E-state index is 14.3. The summed E-state index contributed by atoms with van der Waals surface area (Å²) in [6.07, 6.45) is -10.4. The lowest BCUT2D eigenvalue weighted by atomic mass is 9.45. The number of hydrogen-bond acceptors (Lipinski definition) is 18. The lowest BCUT2D eigenvalue weighted by Crippen LogP contribution is -2.89. The molecule has 59 heavy (non-hydrogen) atoms. The van der Waals surface area contributed by atoms with Crippen LogP contribution in [0.2, 0.25) is 0 Å². The first-order valence-electron chi connectivity index (χ1n) is 19.1. The summed E-state index contributed by atoms with van der Waals surface area (Å²) in [5.41, 5.74) is -9.93. The minimum absolute atomic E-state index is 0.0302. The highest BCUT2D eigenvalue weighted by Gasteiger charge is 2.91. The van der Waals surface area contributed by atoms with Crippen molar-refractivity contribution < 1.29 is 81.7 Å². The number of aliphatic hydroxyl groups is 2. The van der Waals surface area contributed by atoms with Crippen LogP contribution in [0.4, 0.5) is 0 Å². The van der Waals surface area contributed by atoms with E-state index in [4.69, 9.17) is 37.9 Å². The van der Waals surface area contributed by atoms with Crippen molar-refractivity contribution in [1.29, 1.82) is 0 Å². The van der Waals surface area contributed by atoms with E-state index in [1.807, 2.05) is 0 Å². The molecule has 18 nitrogen and oxygen atoms in total. The molecule has 4 aliphatic rings. The molecule has 0 unspecified atom stereocenters. The van der Waals surface area contributed by atoms with E-state index in [-0.39, 0.29) is 29.7 Å². The van der Waals surface area contributed by atoms with Gasteiger partial charge in [-0.2, -0.15) is 0 Å². The Bertz CT molecular complexity index is 2020. The van der Waals surface area contributed by atoms with Crippen LogP contribution < -0.4 is 0 Å². The molecule has 2 N–H and O–H groups in total. The van der Waals surface area contributed by atoms with Crippen molar-refractivity contribution in [2.75, 3.05) is 13.2 Å². The number of carbonyl (C=O) groups excluding carboxylic acids is 7. The molecule has 1 saturated heterocycles. The summed E-state index contributed by atoms with van der Waals surface area (Å²) in [4.78, 5) is 99.3. The van der Waals surface area contributed by atoms with Gasteiger partial charge in [0.2, 0.25) is 0 Å². The van der Waals surface area contributed by atoms with Crippen LogP contribution in [0.25, 0.3) is 0 Å². The molecule has 2 aromatic rings. The SMILES string of the molecule is CC(=O)O[C@@H]1[C@@H]2[C@@H](OC(C)=O)[C@@]34O[C@@]2(C)COC(=O)c2cccnc2CC[C@H](C)C(=O)O[C@@H]([C@@H](OC(=O)c2ccccc2)[C@H](OC(C)=O)[C@@]3(CO)[C@H]1OC(C)=O)[C@]4(C)O. The number of rotatable bonds is 7. The van der Waals surface area contributed by atoms with Gasteiger partial charge in [-0.15, -0.1) is 0 Å². The van der Waals surface area contributed by atoms with Crippen LogP contribution in [0.5, 0.6) is 0 Å². The second-order valence-electron chi connectivity index (χ2n) is 15.8. The fourth-order valence-electron chi connectivity index (χ4n) is 9.54. The van der Waals surface area contributed by atoms with E-state index in [1.165, 1.54) is 56.4 Å². The zero-order valence-corrected chi connectivity index (χ0v) is 33.5. The van der Waals surface area contributed by atoms with Crippen LogP contribution in [0.3, 0.4) is 0 Å². The normalized spacial score (nSPS) is 36.3. The highest BCUT2D eigenvalue weighted by Crippen LogP contribution is 2.70. The molecule has 18 heteroatoms. The third-order valence-corrected chi connectivity index (χ3v) is 11.8. The molecule has 1 spiro atoms. The predicted molar refractivity (Wildman–Crippen MR) is 196 cm³/mol. The van der Waals surface area contributed by atoms with E-state index in [1.54, 1.807) is 6.07 Å². The smallest absolute Gasteiger partial charge is 0.340 e. The first kappa shape index (κ1) is 43.1. The summed E-state index contributed by atoms with van der Waals surface area (Å²) < 4.78 is 49.0. The lowest BCUT2D eigenvalue weighted by molar-refractivity contribution is -0.386. The molecule has 0 amide bonds. The monoisotopic (exact) mass is 825 g/mol. The predicted octanol–water partition coefficient (Wildman–Crippen LogP) is 1.59. The number of fused-ring (bicyclic) bond motifs is 5. The van der Waals surface area contributed by atoms with Gasteiger partial charge in [-0.05, 0) is 51.0 Å². The molecule has 4 bridgehead atoms. The van der Waals surface area contributed by atoms with E-state index in [9.17, 15) is 43.8 Å². The molecule has 3 heterocycles. The van der Waals surface area contributed by atoms with Crippen LogP contribution in [0, 0.1) is 17.3 Å². The van der Waals surface area contributed by atoms with Crippen molar-refractivity contribution in [3.63, 3.8) is 0 Å². The van der Waals surface area contributed by atoms with E-state index in [2.05, 4.69) is 4.98 Å². The van der Waals surface area contributed by atoms with Gasteiger partial charge in [-0.3, -0.25) is 29.0 Å². The Morgan fingerprint density at radius 2 is 1.41 bits per heavy atom. The summed E-state index contributed by atoms with van der Waals surface area (Å²) in [7, 11) is 0. The van der Waals surface area contributed by atoms with Crippen molar-refractivity contribution in [1.82, 2.24) is 4.98 Å². The average Bonchev–Trinajstić information content (AvgIpc) is 3.39. The molecule has 2 saturated carbocycles. The molecule has 2 aliphatic carbocycles. The summed E-state index contributed by atoms with van der Waals surface area (Å²) in [5, 5.41) is 25.4. The molecule has 1 aromatic carbocycles. The highest BCUT2D eigenvalue weighted by molar-refractivity contribution is 5.91. The minimum atomic E-state index is -2.81. The van der Waals surface area contributed by atoms with Crippen molar-refractivity contribution in [3.8, 4) is 0 Å². The fourth-order valence-corrected chi connectivity index (χ4v) is 9.54. The minimum Gasteiger partial charge on any atom is -0.459 e. The number of cyclic esters (lactones) is 1. The quantitative estimate of drug-likeness (QED) is 0.297. The second-order valence-corrected chi connectivity index (χ2v) is 15.8. The van der Waals surface area contributed by atoms with E-state index in [0.717, 1.165) is 34.6 Å². The van der Waals surface area contributed by atoms with Gasteiger partial charge < -0.3 is 48.1 Å². The molecule has 318 valence electrons. The third kappa shape index (κ3) is 7.09. The van der Waals surface area contributed by atoms with Gasteiger partial charge in [0, 0.05) is 33.9 Å². The highest BCUT2D eigenvalue weighted by atomic mass is 16.7. The summed E-state index contributed by atoms with van der Waals surface area (Å²) in [5.74, 6) is -9.50. The van der Waals surface area contributed by atoms with Crippen molar-refractivity contribution in [2.45, 2.75) is 115 Å². The van der Waals surface area contributed by atoms with Crippen LogP contribution in [-0.2, 0) is 68.3 Å². The second kappa shape index (κ2) is 16.0. The number of nitrogens with zero attached hydrogens (tertiary/aromatic N) is 1. The maximum atomic E-state index is 14.3. The van der Waals surface area contributed by atoms with Crippen LogP contribution in [-0.4, -0.2) is 124 Å². The van der Waals surface area contributed by atoms with E-state index >= 15 is 0 Å². The largest absolute Gasteiger partial charge is 0.459 e. The number of aliphatic hydroxyl groups excluding tert-OH is 1. The van der Waals surface area contributed by atoms with Gasteiger partial charge >= 0.3 is 41.8 Å².